The number of amides is 2. The quantitative estimate of drug-likeness (QED) is 0.744. The van der Waals surface area contributed by atoms with Crippen molar-refractivity contribution in [2.45, 2.75) is 19.3 Å². The molecule has 0 bridgehead atoms. The summed E-state index contributed by atoms with van der Waals surface area (Å²) in [5, 5.41) is 10.5. The number of nitrogens with zero attached hydrogens (tertiary/aromatic N) is 2. The van der Waals surface area contributed by atoms with Gasteiger partial charge in [0.15, 0.2) is 0 Å². The molecule has 2 amide bonds. The van der Waals surface area contributed by atoms with Gasteiger partial charge >= 0.3 is 0 Å². The van der Waals surface area contributed by atoms with Crippen molar-refractivity contribution in [2.75, 3.05) is 16.8 Å². The maximum Gasteiger partial charge on any atom is 0.272 e. The lowest BCUT2D eigenvalue weighted by Crippen LogP contribution is -2.26. The van der Waals surface area contributed by atoms with Gasteiger partial charge in [-0.3, -0.25) is 14.4 Å². The number of aromatic amines is 1. The topological polar surface area (TPSA) is 95.2 Å². The molecule has 0 unspecified atom stereocenters. The summed E-state index contributed by atoms with van der Waals surface area (Å²) in [6.07, 6.45) is 1.35. The van der Waals surface area contributed by atoms with Gasteiger partial charge in [0.05, 0.1) is 28.9 Å². The lowest BCUT2D eigenvalue weighted by molar-refractivity contribution is -0.117. The molecule has 1 aromatic heterocycles. The van der Waals surface area contributed by atoms with E-state index in [1.165, 1.54) is 0 Å². The van der Waals surface area contributed by atoms with Gasteiger partial charge in [-0.25, -0.2) is 5.10 Å². The van der Waals surface area contributed by atoms with Gasteiger partial charge in [0.2, 0.25) is 11.8 Å². The minimum atomic E-state index is -0.285. The number of hydrogen-bond acceptors (Lipinski definition) is 4. The maximum absolute atomic E-state index is 12.6. The van der Waals surface area contributed by atoms with E-state index in [0.717, 1.165) is 6.42 Å². The van der Waals surface area contributed by atoms with E-state index in [4.69, 9.17) is 0 Å². The van der Waals surface area contributed by atoms with Gasteiger partial charge < -0.3 is 10.2 Å². The molecular weight excluding hydrogens is 344 g/mol. The molecule has 1 aliphatic heterocycles. The highest BCUT2D eigenvalue weighted by atomic mass is 16.2. The average Bonchev–Trinajstić information content (AvgIpc) is 3.10. The summed E-state index contributed by atoms with van der Waals surface area (Å²) >= 11 is 0. The third-order valence-electron chi connectivity index (χ3n) is 4.65. The maximum atomic E-state index is 12.6. The van der Waals surface area contributed by atoms with E-state index >= 15 is 0 Å². The Morgan fingerprint density at radius 1 is 1.07 bits per heavy atom. The zero-order valence-electron chi connectivity index (χ0n) is 14.6. The van der Waals surface area contributed by atoms with Gasteiger partial charge in [-0.2, -0.15) is 5.10 Å². The molecule has 27 heavy (non-hydrogen) atoms. The Morgan fingerprint density at radius 2 is 1.81 bits per heavy atom. The number of carbonyl (C=O) groups is 2. The number of carbonyl (C=O) groups excluding carboxylic acids is 2. The highest BCUT2D eigenvalue weighted by Crippen LogP contribution is 2.29. The molecule has 2 N–H and O–H groups in total. The molecule has 4 rings (SSSR count). The number of para-hydroxylation sites is 2. The van der Waals surface area contributed by atoms with Crippen LogP contribution >= 0.6 is 0 Å². The zero-order valence-corrected chi connectivity index (χ0v) is 14.6. The van der Waals surface area contributed by atoms with E-state index < -0.39 is 0 Å². The van der Waals surface area contributed by atoms with E-state index in [1.54, 1.807) is 35.2 Å². The third kappa shape index (κ3) is 3.31. The van der Waals surface area contributed by atoms with Gasteiger partial charge in [0.25, 0.3) is 5.56 Å². The molecule has 2 heterocycles. The van der Waals surface area contributed by atoms with E-state index in [0.29, 0.717) is 40.8 Å². The Hall–Kier alpha value is -3.48. The Morgan fingerprint density at radius 3 is 2.59 bits per heavy atom. The van der Waals surface area contributed by atoms with Crippen molar-refractivity contribution in [3.63, 3.8) is 0 Å². The Labute approximate surface area is 155 Å². The van der Waals surface area contributed by atoms with Crippen LogP contribution < -0.4 is 15.8 Å². The van der Waals surface area contributed by atoms with Gasteiger partial charge in [-0.1, -0.05) is 30.3 Å². The predicted molar refractivity (Wildman–Crippen MR) is 103 cm³/mol. The number of fused-ring (bicyclic) bond motifs is 1. The van der Waals surface area contributed by atoms with Gasteiger partial charge in [-0.05, 0) is 24.6 Å². The van der Waals surface area contributed by atoms with Crippen LogP contribution in [0.4, 0.5) is 11.4 Å². The molecule has 0 aliphatic carbocycles. The summed E-state index contributed by atoms with van der Waals surface area (Å²) in [5.74, 6) is -0.205. The first-order valence-corrected chi connectivity index (χ1v) is 8.79. The summed E-state index contributed by atoms with van der Waals surface area (Å²) in [4.78, 5) is 38.2. The van der Waals surface area contributed by atoms with Crippen molar-refractivity contribution >= 4 is 34.0 Å². The molecule has 3 aromatic rings. The molecule has 0 spiro atoms. The number of rotatable bonds is 4. The predicted octanol–water partition coefficient (Wildman–Crippen LogP) is 2.23. The average molecular weight is 362 g/mol. The minimum absolute atomic E-state index is 0.0135. The second-order valence-electron chi connectivity index (χ2n) is 6.44. The van der Waals surface area contributed by atoms with Crippen LogP contribution in [0.5, 0.6) is 0 Å². The molecule has 0 radical (unpaired) electrons. The van der Waals surface area contributed by atoms with Crippen molar-refractivity contribution in [2.24, 2.45) is 0 Å². The van der Waals surface area contributed by atoms with Gasteiger partial charge in [0, 0.05) is 18.4 Å². The number of anilines is 2. The van der Waals surface area contributed by atoms with Crippen LogP contribution in [0, 0.1) is 0 Å². The molecule has 0 saturated carbocycles. The SMILES string of the molecule is O=C(Cc1n[nH]c(=O)c2ccccc12)Nc1ccccc1N1CCCC1=O. The summed E-state index contributed by atoms with van der Waals surface area (Å²) in [5.41, 5.74) is 1.50. The third-order valence-corrected chi connectivity index (χ3v) is 4.65. The fraction of sp³-hybridized carbons (Fsp3) is 0.200. The molecular formula is C20H18N4O3. The van der Waals surface area contributed by atoms with Crippen molar-refractivity contribution in [1.29, 1.82) is 0 Å². The van der Waals surface area contributed by atoms with E-state index in [2.05, 4.69) is 15.5 Å². The van der Waals surface area contributed by atoms with Crippen molar-refractivity contribution in [1.82, 2.24) is 10.2 Å². The van der Waals surface area contributed by atoms with Crippen LogP contribution in [-0.4, -0.2) is 28.6 Å². The number of nitrogens with one attached hydrogen (secondary N) is 2. The van der Waals surface area contributed by atoms with Crippen LogP contribution in [0.25, 0.3) is 10.8 Å². The molecule has 1 saturated heterocycles. The summed E-state index contributed by atoms with van der Waals surface area (Å²) < 4.78 is 0. The highest BCUT2D eigenvalue weighted by molar-refractivity contribution is 6.03. The first-order chi connectivity index (χ1) is 13.1. The highest BCUT2D eigenvalue weighted by Gasteiger charge is 2.24. The number of benzene rings is 2. The van der Waals surface area contributed by atoms with Crippen LogP contribution in [-0.2, 0) is 16.0 Å². The second-order valence-corrected chi connectivity index (χ2v) is 6.44. The smallest absolute Gasteiger partial charge is 0.272 e. The van der Waals surface area contributed by atoms with Crippen molar-refractivity contribution in [3.8, 4) is 0 Å². The molecule has 7 heteroatoms. The molecule has 0 atom stereocenters. The molecule has 7 nitrogen and oxygen atoms in total. The standard InChI is InChI=1S/C20H18N4O3/c25-18(12-16-13-6-1-2-7-14(13)20(27)23-22-16)21-15-8-3-4-9-17(15)24-11-5-10-19(24)26/h1-4,6-9H,5,10-12H2,(H,21,25)(H,23,27). The summed E-state index contributed by atoms with van der Waals surface area (Å²) in [6, 6.07) is 14.3. The first kappa shape index (κ1) is 17.0. The summed E-state index contributed by atoms with van der Waals surface area (Å²) in [7, 11) is 0. The fourth-order valence-corrected chi connectivity index (χ4v) is 3.37. The van der Waals surface area contributed by atoms with Gasteiger partial charge in [0.1, 0.15) is 0 Å². The Bertz CT molecular complexity index is 1090. The Balaban J connectivity index is 1.59. The van der Waals surface area contributed by atoms with Crippen molar-refractivity contribution < 1.29 is 9.59 Å². The molecule has 1 fully saturated rings. The largest absolute Gasteiger partial charge is 0.324 e. The number of aromatic nitrogens is 2. The van der Waals surface area contributed by atoms with Crippen molar-refractivity contribution in [3.05, 3.63) is 64.6 Å². The number of H-pyrrole nitrogens is 1. The number of hydrogen-bond donors (Lipinski definition) is 2. The Kier molecular flexibility index (Phi) is 4.42. The van der Waals surface area contributed by atoms with Crippen LogP contribution in [0.1, 0.15) is 18.5 Å². The van der Waals surface area contributed by atoms with E-state index in [9.17, 15) is 14.4 Å². The minimum Gasteiger partial charge on any atom is -0.324 e. The normalized spacial score (nSPS) is 13.9. The molecule has 136 valence electrons. The first-order valence-electron chi connectivity index (χ1n) is 8.79. The zero-order chi connectivity index (χ0) is 18.8. The lowest BCUT2D eigenvalue weighted by atomic mass is 10.1. The fourth-order valence-electron chi connectivity index (χ4n) is 3.37. The monoisotopic (exact) mass is 362 g/mol. The van der Waals surface area contributed by atoms with Gasteiger partial charge in [-0.15, -0.1) is 0 Å². The lowest BCUT2D eigenvalue weighted by Gasteiger charge is -2.20. The van der Waals surface area contributed by atoms with E-state index in [-0.39, 0.29) is 23.8 Å². The van der Waals surface area contributed by atoms with E-state index in [1.807, 2.05) is 18.2 Å². The van der Waals surface area contributed by atoms with Crippen LogP contribution in [0.15, 0.2) is 53.3 Å². The summed E-state index contributed by atoms with van der Waals surface area (Å²) in [6.45, 7) is 0.651. The molecule has 1 aliphatic rings. The molecule has 2 aromatic carbocycles. The van der Waals surface area contributed by atoms with Crippen LogP contribution in [0.3, 0.4) is 0 Å². The van der Waals surface area contributed by atoms with Crippen LogP contribution in [0.2, 0.25) is 0 Å². The second kappa shape index (κ2) is 7.03.